The van der Waals surface area contributed by atoms with Crippen molar-refractivity contribution in [1.29, 1.82) is 0 Å². The van der Waals surface area contributed by atoms with Gasteiger partial charge in [-0.05, 0) is 31.0 Å². The average Bonchev–Trinajstić information content (AvgIpc) is 2.92. The summed E-state index contributed by atoms with van der Waals surface area (Å²) < 4.78 is 5.18. The molecule has 1 aromatic carbocycles. The van der Waals surface area contributed by atoms with Crippen LogP contribution in [0.15, 0.2) is 24.3 Å². The Hall–Kier alpha value is -1.75. The second kappa shape index (κ2) is 5.56. The van der Waals surface area contributed by atoms with Crippen molar-refractivity contribution in [2.75, 3.05) is 18.5 Å². The van der Waals surface area contributed by atoms with Crippen molar-refractivity contribution in [2.24, 2.45) is 0 Å². The zero-order valence-electron chi connectivity index (χ0n) is 11.6. The van der Waals surface area contributed by atoms with Crippen LogP contribution in [0.2, 0.25) is 5.02 Å². The second-order valence-electron chi connectivity index (χ2n) is 5.47. The number of urea groups is 1. The summed E-state index contributed by atoms with van der Waals surface area (Å²) in [5.74, 6) is -0.271. The van der Waals surface area contributed by atoms with E-state index in [0.29, 0.717) is 30.1 Å². The van der Waals surface area contributed by atoms with E-state index in [1.165, 1.54) is 0 Å². The van der Waals surface area contributed by atoms with Crippen molar-refractivity contribution < 1.29 is 14.3 Å². The average molecular weight is 309 g/mol. The Morgan fingerprint density at radius 2 is 2.10 bits per heavy atom. The third-order valence-electron chi connectivity index (χ3n) is 4.20. The van der Waals surface area contributed by atoms with Crippen molar-refractivity contribution in [3.63, 3.8) is 0 Å². The number of anilines is 1. The smallest absolute Gasteiger partial charge is 0.332 e. The molecule has 112 valence electrons. The summed E-state index contributed by atoms with van der Waals surface area (Å²) in [6, 6.07) is 6.70. The lowest BCUT2D eigenvalue weighted by atomic mass is 9.94. The number of nitrogens with one attached hydrogen (secondary N) is 1. The van der Waals surface area contributed by atoms with Gasteiger partial charge in [-0.25, -0.2) is 9.59 Å². The normalized spacial score (nSPS) is 20.4. The molecule has 2 amide bonds. The Labute approximate surface area is 128 Å². The molecule has 1 saturated carbocycles. The molecular formula is C15H17ClN2O3. The van der Waals surface area contributed by atoms with Crippen LogP contribution in [-0.2, 0) is 9.53 Å². The number of carbonyl (C=O) groups is 2. The minimum absolute atomic E-state index is 0.254. The van der Waals surface area contributed by atoms with E-state index in [4.69, 9.17) is 16.3 Å². The molecule has 1 saturated heterocycles. The summed E-state index contributed by atoms with van der Waals surface area (Å²) in [6.07, 6.45) is 3.23. The Morgan fingerprint density at radius 3 is 2.81 bits per heavy atom. The molecule has 2 fully saturated rings. The zero-order chi connectivity index (χ0) is 14.9. The molecule has 0 bridgehead atoms. The molecule has 1 aliphatic carbocycles. The van der Waals surface area contributed by atoms with Crippen molar-refractivity contribution >= 4 is 29.3 Å². The van der Waals surface area contributed by atoms with E-state index in [2.05, 4.69) is 5.32 Å². The molecule has 6 heteroatoms. The van der Waals surface area contributed by atoms with Gasteiger partial charge in [0.15, 0.2) is 0 Å². The number of rotatable bonds is 1. The van der Waals surface area contributed by atoms with Gasteiger partial charge in [0.05, 0.1) is 6.54 Å². The van der Waals surface area contributed by atoms with Crippen LogP contribution in [-0.4, -0.2) is 35.6 Å². The number of amides is 2. The molecule has 0 atom stereocenters. The maximum atomic E-state index is 12.5. The molecule has 0 aromatic heterocycles. The van der Waals surface area contributed by atoms with Crippen LogP contribution in [0.4, 0.5) is 10.5 Å². The number of halogens is 1. The molecule has 21 heavy (non-hydrogen) atoms. The minimum Gasteiger partial charge on any atom is -0.462 e. The molecule has 0 unspecified atom stereocenters. The molecule has 3 rings (SSSR count). The number of hydrogen-bond donors (Lipinski definition) is 1. The van der Waals surface area contributed by atoms with Crippen molar-refractivity contribution in [3.05, 3.63) is 29.3 Å². The minimum atomic E-state index is -0.777. The highest BCUT2D eigenvalue weighted by atomic mass is 35.5. The van der Waals surface area contributed by atoms with Crippen molar-refractivity contribution in [2.45, 2.75) is 31.2 Å². The maximum absolute atomic E-state index is 12.5. The van der Waals surface area contributed by atoms with Crippen LogP contribution in [0.25, 0.3) is 0 Å². The summed E-state index contributed by atoms with van der Waals surface area (Å²) in [4.78, 5) is 26.4. The van der Waals surface area contributed by atoms with E-state index < -0.39 is 5.54 Å². The van der Waals surface area contributed by atoms with Crippen LogP contribution < -0.4 is 5.32 Å². The molecular weight excluding hydrogens is 292 g/mol. The lowest BCUT2D eigenvalue weighted by Gasteiger charge is -2.42. The Balaban J connectivity index is 1.80. The number of hydrogen-bond acceptors (Lipinski definition) is 3. The number of morpholine rings is 1. The molecule has 1 spiro atoms. The first kappa shape index (κ1) is 14.2. The van der Waals surface area contributed by atoms with Crippen molar-refractivity contribution in [3.8, 4) is 0 Å². The van der Waals surface area contributed by atoms with Crippen LogP contribution in [0, 0.1) is 0 Å². The van der Waals surface area contributed by atoms with E-state index in [1.54, 1.807) is 29.2 Å². The Bertz CT molecular complexity index is 570. The fourth-order valence-corrected chi connectivity index (χ4v) is 3.37. The van der Waals surface area contributed by atoms with Crippen LogP contribution in [0.5, 0.6) is 0 Å². The van der Waals surface area contributed by atoms with Gasteiger partial charge in [-0.15, -0.1) is 0 Å². The van der Waals surface area contributed by atoms with Gasteiger partial charge in [0.25, 0.3) is 0 Å². The summed E-state index contributed by atoms with van der Waals surface area (Å²) in [5, 5.41) is 3.38. The zero-order valence-corrected chi connectivity index (χ0v) is 12.4. The quantitative estimate of drug-likeness (QED) is 0.811. The van der Waals surface area contributed by atoms with E-state index >= 15 is 0 Å². The lowest BCUT2D eigenvalue weighted by Crippen LogP contribution is -2.61. The SMILES string of the molecule is O=C(Nc1cccc(Cl)c1)N1CCOC(=O)C12CCCC2. The molecule has 5 nitrogen and oxygen atoms in total. The topological polar surface area (TPSA) is 58.6 Å². The number of esters is 1. The van der Waals surface area contributed by atoms with E-state index in [9.17, 15) is 9.59 Å². The number of ether oxygens (including phenoxy) is 1. The maximum Gasteiger partial charge on any atom is 0.332 e. The largest absolute Gasteiger partial charge is 0.462 e. The Kier molecular flexibility index (Phi) is 3.76. The van der Waals surface area contributed by atoms with E-state index in [-0.39, 0.29) is 18.6 Å². The summed E-state index contributed by atoms with van der Waals surface area (Å²) in [5.41, 5.74) is -0.152. The number of nitrogens with zero attached hydrogens (tertiary/aromatic N) is 1. The molecule has 1 N–H and O–H groups in total. The number of cyclic esters (lactones) is 1. The van der Waals surface area contributed by atoms with Gasteiger partial charge in [0, 0.05) is 10.7 Å². The summed E-state index contributed by atoms with van der Waals surface area (Å²) in [6.45, 7) is 0.682. The highest BCUT2D eigenvalue weighted by Gasteiger charge is 2.51. The highest BCUT2D eigenvalue weighted by molar-refractivity contribution is 6.30. The second-order valence-corrected chi connectivity index (χ2v) is 5.90. The fourth-order valence-electron chi connectivity index (χ4n) is 3.18. The van der Waals surface area contributed by atoms with Gasteiger partial charge in [0.2, 0.25) is 0 Å². The molecule has 0 radical (unpaired) electrons. The van der Waals surface area contributed by atoms with Gasteiger partial charge in [0.1, 0.15) is 12.1 Å². The molecule has 1 aromatic rings. The number of carbonyl (C=O) groups excluding carboxylic acids is 2. The molecule has 1 heterocycles. The van der Waals surface area contributed by atoms with Gasteiger partial charge in [-0.2, -0.15) is 0 Å². The van der Waals surface area contributed by atoms with Crippen LogP contribution in [0.1, 0.15) is 25.7 Å². The first-order valence-electron chi connectivity index (χ1n) is 7.13. The predicted octanol–water partition coefficient (Wildman–Crippen LogP) is 3.04. The van der Waals surface area contributed by atoms with E-state index in [1.807, 2.05) is 0 Å². The van der Waals surface area contributed by atoms with Gasteiger partial charge in [-0.1, -0.05) is 30.5 Å². The van der Waals surface area contributed by atoms with Gasteiger partial charge in [-0.3, -0.25) is 0 Å². The summed E-state index contributed by atoms with van der Waals surface area (Å²) in [7, 11) is 0. The third kappa shape index (κ3) is 2.58. The van der Waals surface area contributed by atoms with Crippen molar-refractivity contribution in [1.82, 2.24) is 4.90 Å². The number of benzene rings is 1. The molecule has 1 aliphatic heterocycles. The fraction of sp³-hybridized carbons (Fsp3) is 0.467. The standard InChI is InChI=1S/C15H17ClN2O3/c16-11-4-3-5-12(10-11)17-14(20)18-8-9-21-13(19)15(18)6-1-2-7-15/h3-5,10H,1-2,6-9H2,(H,17,20). The Morgan fingerprint density at radius 1 is 1.33 bits per heavy atom. The van der Waals surface area contributed by atoms with Crippen LogP contribution >= 0.6 is 11.6 Å². The first-order valence-corrected chi connectivity index (χ1v) is 7.51. The summed E-state index contributed by atoms with van der Waals surface area (Å²) >= 11 is 5.92. The van der Waals surface area contributed by atoms with Gasteiger partial charge >= 0.3 is 12.0 Å². The lowest BCUT2D eigenvalue weighted by molar-refractivity contribution is -0.164. The first-order chi connectivity index (χ1) is 10.1. The predicted molar refractivity (Wildman–Crippen MR) is 79.3 cm³/mol. The third-order valence-corrected chi connectivity index (χ3v) is 4.43. The van der Waals surface area contributed by atoms with Gasteiger partial charge < -0.3 is 15.0 Å². The van der Waals surface area contributed by atoms with Crippen LogP contribution in [0.3, 0.4) is 0 Å². The monoisotopic (exact) mass is 308 g/mol. The van der Waals surface area contributed by atoms with E-state index in [0.717, 1.165) is 12.8 Å². The highest BCUT2D eigenvalue weighted by Crippen LogP contribution is 2.38. The molecule has 2 aliphatic rings.